The number of benzene rings is 2. The molecule has 1 amide bonds. The lowest BCUT2D eigenvalue weighted by molar-refractivity contribution is 0.0953. The van der Waals surface area contributed by atoms with Gasteiger partial charge in [-0.1, -0.05) is 43.3 Å². The summed E-state index contributed by atoms with van der Waals surface area (Å²) in [4.78, 5) is 27.5. The van der Waals surface area contributed by atoms with E-state index in [1.807, 2.05) is 13.0 Å². The molecule has 24 heavy (non-hydrogen) atoms. The fourth-order valence-electron chi connectivity index (χ4n) is 2.63. The first-order valence-electron chi connectivity index (χ1n) is 7.84. The van der Waals surface area contributed by atoms with Gasteiger partial charge in [-0.3, -0.25) is 9.59 Å². The van der Waals surface area contributed by atoms with E-state index in [1.54, 1.807) is 42.5 Å². The molecule has 0 unspecified atom stereocenters. The summed E-state index contributed by atoms with van der Waals surface area (Å²) in [6.45, 7) is 2.58. The number of carbonyl (C=O) groups is 2. The zero-order chi connectivity index (χ0) is 17.1. The van der Waals surface area contributed by atoms with Crippen LogP contribution in [0.3, 0.4) is 0 Å². The van der Waals surface area contributed by atoms with Gasteiger partial charge in [0.2, 0.25) is 5.88 Å². The first kappa shape index (κ1) is 15.8. The van der Waals surface area contributed by atoms with Gasteiger partial charge in [0.05, 0.1) is 5.56 Å². The highest BCUT2D eigenvalue weighted by Gasteiger charge is 2.20. The van der Waals surface area contributed by atoms with Gasteiger partial charge >= 0.3 is 0 Å². The summed E-state index contributed by atoms with van der Waals surface area (Å²) >= 11 is 0. The van der Waals surface area contributed by atoms with Gasteiger partial charge in [-0.2, -0.15) is 0 Å². The maximum absolute atomic E-state index is 12.6. The van der Waals surface area contributed by atoms with Crippen molar-refractivity contribution < 1.29 is 14.7 Å². The van der Waals surface area contributed by atoms with Crippen LogP contribution in [0.1, 0.15) is 39.6 Å². The van der Waals surface area contributed by atoms with E-state index < -0.39 is 0 Å². The molecule has 5 nitrogen and oxygen atoms in total. The van der Waals surface area contributed by atoms with Gasteiger partial charge in [0, 0.05) is 28.6 Å². The van der Waals surface area contributed by atoms with Crippen LogP contribution in [0.25, 0.3) is 10.9 Å². The second kappa shape index (κ2) is 6.58. The van der Waals surface area contributed by atoms with Crippen LogP contribution >= 0.6 is 0 Å². The molecule has 0 saturated carbocycles. The maximum Gasteiger partial charge on any atom is 0.251 e. The second-order valence-electron chi connectivity index (χ2n) is 5.56. The number of H-pyrrole nitrogens is 1. The van der Waals surface area contributed by atoms with Crippen molar-refractivity contribution in [1.29, 1.82) is 0 Å². The third-order valence-corrected chi connectivity index (χ3v) is 3.84. The Kier molecular flexibility index (Phi) is 4.33. The molecule has 3 aromatic rings. The van der Waals surface area contributed by atoms with Crippen molar-refractivity contribution in [2.24, 2.45) is 0 Å². The van der Waals surface area contributed by atoms with Crippen LogP contribution in [-0.4, -0.2) is 28.3 Å². The van der Waals surface area contributed by atoms with E-state index in [4.69, 9.17) is 0 Å². The lowest BCUT2D eigenvalue weighted by atomic mass is 10.0. The van der Waals surface area contributed by atoms with E-state index in [0.717, 1.165) is 6.42 Å². The molecule has 0 atom stereocenters. The number of nitrogens with one attached hydrogen (secondary N) is 2. The molecule has 0 fully saturated rings. The van der Waals surface area contributed by atoms with E-state index in [1.165, 1.54) is 0 Å². The molecule has 5 heteroatoms. The predicted octanol–water partition coefficient (Wildman–Crippen LogP) is 3.24. The fraction of sp³-hybridized carbons (Fsp3) is 0.158. The average molecular weight is 322 g/mol. The highest BCUT2D eigenvalue weighted by Crippen LogP contribution is 2.30. The van der Waals surface area contributed by atoms with Crippen LogP contribution in [-0.2, 0) is 0 Å². The summed E-state index contributed by atoms with van der Waals surface area (Å²) in [6, 6.07) is 13.8. The molecule has 0 radical (unpaired) electrons. The third-order valence-electron chi connectivity index (χ3n) is 3.84. The quantitative estimate of drug-likeness (QED) is 0.631. The van der Waals surface area contributed by atoms with Crippen molar-refractivity contribution in [3.63, 3.8) is 0 Å². The molecule has 1 aromatic heterocycles. The van der Waals surface area contributed by atoms with Gasteiger partial charge in [-0.15, -0.1) is 0 Å². The van der Waals surface area contributed by atoms with Crippen LogP contribution in [0.4, 0.5) is 0 Å². The van der Waals surface area contributed by atoms with E-state index in [-0.39, 0.29) is 23.1 Å². The third kappa shape index (κ3) is 2.88. The Morgan fingerprint density at radius 1 is 1.08 bits per heavy atom. The van der Waals surface area contributed by atoms with E-state index >= 15 is 0 Å². The summed E-state index contributed by atoms with van der Waals surface area (Å²) in [5.41, 5.74) is 1.75. The van der Waals surface area contributed by atoms with Gasteiger partial charge in [0.1, 0.15) is 0 Å². The van der Waals surface area contributed by atoms with Crippen molar-refractivity contribution in [2.75, 3.05) is 6.54 Å². The number of hydrogen-bond acceptors (Lipinski definition) is 3. The highest BCUT2D eigenvalue weighted by molar-refractivity contribution is 6.18. The van der Waals surface area contributed by atoms with Crippen molar-refractivity contribution in [2.45, 2.75) is 13.3 Å². The van der Waals surface area contributed by atoms with Gasteiger partial charge in [-0.25, -0.2) is 0 Å². The first-order valence-corrected chi connectivity index (χ1v) is 7.84. The number of aromatic amines is 1. The maximum atomic E-state index is 12.6. The van der Waals surface area contributed by atoms with Gasteiger partial charge in [-0.05, 0) is 18.6 Å². The summed E-state index contributed by atoms with van der Waals surface area (Å²) in [7, 11) is 0. The van der Waals surface area contributed by atoms with Gasteiger partial charge < -0.3 is 15.4 Å². The lowest BCUT2D eigenvalue weighted by Crippen LogP contribution is -2.23. The minimum Gasteiger partial charge on any atom is -0.494 e. The van der Waals surface area contributed by atoms with Crippen molar-refractivity contribution >= 4 is 22.6 Å². The number of hydrogen-bond donors (Lipinski definition) is 3. The Balaban J connectivity index is 2.00. The molecular weight excluding hydrogens is 304 g/mol. The Morgan fingerprint density at radius 2 is 1.83 bits per heavy atom. The number of amides is 1. The average Bonchev–Trinajstić information content (AvgIpc) is 2.94. The summed E-state index contributed by atoms with van der Waals surface area (Å²) in [6.07, 6.45) is 0.854. The zero-order valence-corrected chi connectivity index (χ0v) is 13.3. The molecule has 0 aliphatic heterocycles. The van der Waals surface area contributed by atoms with Crippen LogP contribution in [0.2, 0.25) is 0 Å². The van der Waals surface area contributed by atoms with Gasteiger partial charge in [0.25, 0.3) is 5.91 Å². The van der Waals surface area contributed by atoms with E-state index in [0.29, 0.717) is 28.6 Å². The monoisotopic (exact) mass is 322 g/mol. The number of fused-ring (bicyclic) bond motifs is 1. The molecule has 0 aliphatic rings. The normalized spacial score (nSPS) is 10.7. The first-order chi connectivity index (χ1) is 11.6. The number of aromatic hydroxyl groups is 1. The molecule has 2 aromatic carbocycles. The minimum atomic E-state index is -0.262. The van der Waals surface area contributed by atoms with Crippen molar-refractivity contribution in [3.8, 4) is 5.88 Å². The molecular formula is C19H18N2O3. The minimum absolute atomic E-state index is 0.177. The van der Waals surface area contributed by atoms with E-state index in [2.05, 4.69) is 10.3 Å². The number of aromatic nitrogens is 1. The number of ketones is 1. The van der Waals surface area contributed by atoms with Crippen molar-refractivity contribution in [3.05, 3.63) is 65.2 Å². The Morgan fingerprint density at radius 3 is 2.54 bits per heavy atom. The number of rotatable bonds is 5. The molecule has 3 N–H and O–H groups in total. The summed E-state index contributed by atoms with van der Waals surface area (Å²) < 4.78 is 0. The molecule has 0 aliphatic carbocycles. The molecule has 0 spiro atoms. The molecule has 0 bridgehead atoms. The predicted molar refractivity (Wildman–Crippen MR) is 92.5 cm³/mol. The SMILES string of the molecule is CCCNC(=O)c1ccc2c(C(=O)c3ccccc3)c(O)[nH]c2c1. The van der Waals surface area contributed by atoms with Crippen LogP contribution in [0, 0.1) is 0 Å². The molecule has 122 valence electrons. The Bertz CT molecular complexity index is 898. The zero-order valence-electron chi connectivity index (χ0n) is 13.3. The second-order valence-corrected chi connectivity index (χ2v) is 5.56. The van der Waals surface area contributed by atoms with E-state index in [9.17, 15) is 14.7 Å². The smallest absolute Gasteiger partial charge is 0.251 e. The summed E-state index contributed by atoms with van der Waals surface area (Å²) in [5.74, 6) is -0.628. The fourth-order valence-corrected chi connectivity index (χ4v) is 2.63. The Labute approximate surface area is 139 Å². The number of carbonyl (C=O) groups excluding carboxylic acids is 2. The van der Waals surface area contributed by atoms with Crippen LogP contribution in [0.15, 0.2) is 48.5 Å². The largest absolute Gasteiger partial charge is 0.494 e. The lowest BCUT2D eigenvalue weighted by Gasteiger charge is -2.04. The Hall–Kier alpha value is -3.08. The molecule has 0 saturated heterocycles. The van der Waals surface area contributed by atoms with Gasteiger partial charge in [0.15, 0.2) is 5.78 Å². The topological polar surface area (TPSA) is 82.2 Å². The molecule has 1 heterocycles. The highest BCUT2D eigenvalue weighted by atomic mass is 16.3. The summed E-state index contributed by atoms with van der Waals surface area (Å²) in [5, 5.41) is 13.6. The van der Waals surface area contributed by atoms with Crippen LogP contribution in [0.5, 0.6) is 5.88 Å². The van der Waals surface area contributed by atoms with Crippen molar-refractivity contribution in [1.82, 2.24) is 10.3 Å². The van der Waals surface area contributed by atoms with Crippen LogP contribution < -0.4 is 5.32 Å². The standard InChI is InChI=1S/C19H18N2O3/c1-2-10-20-18(23)13-8-9-14-15(11-13)21-19(24)16(14)17(22)12-6-4-3-5-7-12/h3-9,11,21,24H,2,10H2,1H3,(H,20,23). The molecule has 3 rings (SSSR count).